The molecule has 1 fully saturated rings. The minimum atomic E-state index is -4.88. The summed E-state index contributed by atoms with van der Waals surface area (Å²) in [6, 6.07) is 1.71. The molecule has 3 heterocycles. The van der Waals surface area contributed by atoms with Crippen LogP contribution in [-0.2, 0) is 25.3 Å². The summed E-state index contributed by atoms with van der Waals surface area (Å²) in [4.78, 5) is 14.4. The average molecular weight is 446 g/mol. The summed E-state index contributed by atoms with van der Waals surface area (Å²) in [6.07, 6.45) is -8.47. The molecule has 2 aliphatic heterocycles. The number of nitrogens with one attached hydrogen (secondary N) is 2. The Morgan fingerprint density at radius 3 is 2.19 bits per heavy atom. The van der Waals surface area contributed by atoms with Gasteiger partial charge in [-0.15, -0.1) is 0 Å². The van der Waals surface area contributed by atoms with Crippen LogP contribution in [0.5, 0.6) is 0 Å². The van der Waals surface area contributed by atoms with Crippen LogP contribution in [-0.4, -0.2) is 40.6 Å². The van der Waals surface area contributed by atoms with Gasteiger partial charge >= 0.3 is 12.4 Å². The van der Waals surface area contributed by atoms with Crippen LogP contribution in [0.4, 0.5) is 26.3 Å². The Kier molecular flexibility index (Phi) is 5.48. The minimum absolute atomic E-state index is 0.00408. The molecule has 0 aliphatic carbocycles. The quantitative estimate of drug-likeness (QED) is 0.683. The van der Waals surface area contributed by atoms with E-state index in [1.165, 1.54) is 0 Å². The van der Waals surface area contributed by atoms with Crippen LogP contribution in [0.25, 0.3) is 0 Å². The van der Waals surface area contributed by atoms with E-state index >= 15 is 0 Å². The molecule has 1 amide bonds. The first kappa shape index (κ1) is 21.7. The average Bonchev–Trinajstić information content (AvgIpc) is 3.16. The zero-order valence-electron chi connectivity index (χ0n) is 16.3. The highest BCUT2D eigenvalue weighted by Crippen LogP contribution is 2.39. The summed E-state index contributed by atoms with van der Waals surface area (Å²) < 4.78 is 78.8. The Morgan fingerprint density at radius 1 is 1.00 bits per heavy atom. The van der Waals surface area contributed by atoms with Crippen LogP contribution < -0.4 is 5.32 Å². The molecular formula is C20H20F6N4O. The highest BCUT2D eigenvalue weighted by molar-refractivity contribution is 5.94. The Hall–Kier alpha value is -2.56. The number of hydrogen-bond donors (Lipinski definition) is 2. The monoisotopic (exact) mass is 446 g/mol. The number of fused-ring (bicyclic) bond motifs is 1. The molecule has 0 saturated carbocycles. The van der Waals surface area contributed by atoms with Gasteiger partial charge in [0.15, 0.2) is 5.69 Å². The van der Waals surface area contributed by atoms with E-state index in [0.29, 0.717) is 12.2 Å². The smallest absolute Gasteiger partial charge is 0.337 e. The SMILES string of the molecule is O=C(c1n[nH]c2c1CNCC2)N1CCC(c2cc(C(F)(F)F)cc(C(F)(F)F)c2)CC1. The number of H-pyrrole nitrogens is 1. The molecule has 168 valence electrons. The van der Waals surface area contributed by atoms with E-state index in [9.17, 15) is 31.1 Å². The maximum atomic E-state index is 13.1. The van der Waals surface area contributed by atoms with Crippen molar-refractivity contribution in [2.24, 2.45) is 0 Å². The van der Waals surface area contributed by atoms with Crippen molar-refractivity contribution >= 4 is 5.91 Å². The third kappa shape index (κ3) is 4.41. The summed E-state index contributed by atoms with van der Waals surface area (Å²) >= 11 is 0. The summed E-state index contributed by atoms with van der Waals surface area (Å²) in [7, 11) is 0. The van der Waals surface area contributed by atoms with Crippen LogP contribution in [0.1, 0.15) is 57.2 Å². The van der Waals surface area contributed by atoms with Gasteiger partial charge in [0.05, 0.1) is 11.1 Å². The number of hydrogen-bond acceptors (Lipinski definition) is 3. The van der Waals surface area contributed by atoms with E-state index in [-0.39, 0.29) is 43.5 Å². The van der Waals surface area contributed by atoms with Crippen molar-refractivity contribution in [1.82, 2.24) is 20.4 Å². The van der Waals surface area contributed by atoms with Gasteiger partial charge in [0, 0.05) is 43.9 Å². The normalized spacial score (nSPS) is 18.2. The standard InChI is InChI=1S/C20H20F6N4O/c21-19(22,23)13-7-12(8-14(9-13)20(24,25)26)11-2-5-30(6-3-11)18(31)17-15-10-27-4-1-16(15)28-29-17/h7-9,11,27H,1-6,10H2,(H,28,29). The molecule has 2 aromatic rings. The van der Waals surface area contributed by atoms with Crippen LogP contribution >= 0.6 is 0 Å². The van der Waals surface area contributed by atoms with Crippen LogP contribution in [0.15, 0.2) is 18.2 Å². The fourth-order valence-corrected chi connectivity index (χ4v) is 4.18. The van der Waals surface area contributed by atoms with Crippen LogP contribution in [0, 0.1) is 0 Å². The van der Waals surface area contributed by atoms with E-state index in [1.54, 1.807) is 4.90 Å². The Labute approximate surface area is 173 Å². The number of nitrogens with zero attached hydrogens (tertiary/aromatic N) is 2. The van der Waals surface area contributed by atoms with E-state index in [0.717, 1.165) is 36.4 Å². The largest absolute Gasteiger partial charge is 0.416 e. The van der Waals surface area contributed by atoms with Gasteiger partial charge in [-0.3, -0.25) is 9.89 Å². The molecule has 0 atom stereocenters. The van der Waals surface area contributed by atoms with Crippen molar-refractivity contribution < 1.29 is 31.1 Å². The summed E-state index contributed by atoms with van der Waals surface area (Å²) in [6.45, 7) is 1.77. The minimum Gasteiger partial charge on any atom is -0.337 e. The molecular weight excluding hydrogens is 426 g/mol. The second-order valence-electron chi connectivity index (χ2n) is 7.86. The summed E-state index contributed by atoms with van der Waals surface area (Å²) in [5, 5.41) is 10.2. The molecule has 11 heteroatoms. The van der Waals surface area contributed by atoms with Gasteiger partial charge < -0.3 is 10.2 Å². The first-order chi connectivity index (χ1) is 14.5. The lowest BCUT2D eigenvalue weighted by molar-refractivity contribution is -0.143. The van der Waals surface area contributed by atoms with E-state index in [4.69, 9.17) is 0 Å². The number of halogens is 6. The molecule has 5 nitrogen and oxygen atoms in total. The zero-order chi connectivity index (χ0) is 22.4. The molecule has 2 N–H and O–H groups in total. The molecule has 31 heavy (non-hydrogen) atoms. The number of aromatic amines is 1. The van der Waals surface area contributed by atoms with E-state index in [1.807, 2.05) is 0 Å². The maximum Gasteiger partial charge on any atom is 0.416 e. The molecule has 0 spiro atoms. The molecule has 1 saturated heterocycles. The van der Waals surface area contributed by atoms with Crippen molar-refractivity contribution in [2.75, 3.05) is 19.6 Å². The number of carbonyl (C=O) groups excluding carboxylic acids is 1. The van der Waals surface area contributed by atoms with E-state index < -0.39 is 29.4 Å². The van der Waals surface area contributed by atoms with Gasteiger partial charge in [-0.2, -0.15) is 31.4 Å². The van der Waals surface area contributed by atoms with E-state index in [2.05, 4.69) is 15.5 Å². The molecule has 0 radical (unpaired) electrons. The first-order valence-electron chi connectivity index (χ1n) is 9.89. The number of alkyl halides is 6. The number of amides is 1. The number of likely N-dealkylation sites (tertiary alicyclic amines) is 1. The predicted molar refractivity (Wildman–Crippen MR) is 98.3 cm³/mol. The van der Waals surface area contributed by atoms with Crippen LogP contribution in [0.2, 0.25) is 0 Å². The first-order valence-corrected chi connectivity index (χ1v) is 9.89. The van der Waals surface area contributed by atoms with Gasteiger partial charge in [-0.25, -0.2) is 0 Å². The van der Waals surface area contributed by atoms with Gasteiger partial charge in [0.25, 0.3) is 5.91 Å². The molecule has 4 rings (SSSR count). The second-order valence-corrected chi connectivity index (χ2v) is 7.86. The van der Waals surface area contributed by atoms with Gasteiger partial charge in [0.2, 0.25) is 0 Å². The molecule has 1 aromatic heterocycles. The lowest BCUT2D eigenvalue weighted by atomic mass is 9.87. The number of carbonyl (C=O) groups is 1. The van der Waals surface area contributed by atoms with Crippen LogP contribution in [0.3, 0.4) is 0 Å². The fraction of sp³-hybridized carbons (Fsp3) is 0.500. The van der Waals surface area contributed by atoms with Crippen molar-refractivity contribution in [3.8, 4) is 0 Å². The summed E-state index contributed by atoms with van der Waals surface area (Å²) in [5.74, 6) is -0.776. The molecule has 0 unspecified atom stereocenters. The predicted octanol–water partition coefficient (Wildman–Crippen LogP) is 4.11. The van der Waals surface area contributed by atoms with Crippen molar-refractivity contribution in [3.05, 3.63) is 51.8 Å². The third-order valence-electron chi connectivity index (χ3n) is 5.87. The van der Waals surface area contributed by atoms with Gasteiger partial charge in [0.1, 0.15) is 0 Å². The van der Waals surface area contributed by atoms with Crippen molar-refractivity contribution in [3.63, 3.8) is 0 Å². The topological polar surface area (TPSA) is 61.0 Å². The maximum absolute atomic E-state index is 13.1. The Morgan fingerprint density at radius 2 is 1.61 bits per heavy atom. The number of benzene rings is 1. The lowest BCUT2D eigenvalue weighted by Gasteiger charge is -2.32. The Balaban J connectivity index is 1.51. The van der Waals surface area contributed by atoms with Gasteiger partial charge in [-0.05, 0) is 42.5 Å². The number of piperidine rings is 1. The number of rotatable bonds is 2. The summed E-state index contributed by atoms with van der Waals surface area (Å²) in [5.41, 5.74) is -0.598. The lowest BCUT2D eigenvalue weighted by Crippen LogP contribution is -2.39. The van der Waals surface area contributed by atoms with Crippen molar-refractivity contribution in [1.29, 1.82) is 0 Å². The third-order valence-corrected chi connectivity index (χ3v) is 5.87. The Bertz CT molecular complexity index is 941. The zero-order valence-corrected chi connectivity index (χ0v) is 16.3. The fourth-order valence-electron chi connectivity index (χ4n) is 4.18. The number of aromatic nitrogens is 2. The second kappa shape index (κ2) is 7.85. The molecule has 1 aromatic carbocycles. The highest BCUT2D eigenvalue weighted by Gasteiger charge is 2.38. The van der Waals surface area contributed by atoms with Crippen molar-refractivity contribution in [2.45, 2.75) is 44.1 Å². The van der Waals surface area contributed by atoms with Gasteiger partial charge in [-0.1, -0.05) is 0 Å². The molecule has 0 bridgehead atoms. The molecule has 2 aliphatic rings. The highest BCUT2D eigenvalue weighted by atomic mass is 19.4.